The Morgan fingerprint density at radius 3 is 2.53 bits per heavy atom. The highest BCUT2D eigenvalue weighted by Crippen LogP contribution is 2.32. The van der Waals surface area contributed by atoms with Crippen molar-refractivity contribution in [3.63, 3.8) is 0 Å². The first-order valence-electron chi connectivity index (χ1n) is 10.3. The summed E-state index contributed by atoms with van der Waals surface area (Å²) in [5.74, 6) is -1.39. The molecule has 1 heterocycles. The summed E-state index contributed by atoms with van der Waals surface area (Å²) in [7, 11) is 0. The van der Waals surface area contributed by atoms with Crippen LogP contribution in [0.15, 0.2) is 53.4 Å². The number of anilines is 1. The fourth-order valence-corrected chi connectivity index (χ4v) is 4.54. The van der Waals surface area contributed by atoms with Crippen molar-refractivity contribution in [2.45, 2.75) is 32.6 Å². The lowest BCUT2D eigenvalue weighted by Crippen LogP contribution is -2.29. The number of carboxylic acids is 1. The molecular weight excluding hydrogens is 444 g/mol. The summed E-state index contributed by atoms with van der Waals surface area (Å²) in [6.07, 6.45) is 4.25. The number of aromatic carboxylic acids is 1. The quantitative estimate of drug-likeness (QED) is 0.303. The summed E-state index contributed by atoms with van der Waals surface area (Å²) in [4.78, 5) is 38.3. The first-order valence-corrected chi connectivity index (χ1v) is 11.5. The molecule has 2 amide bonds. The number of para-hydroxylation sites is 1. The Morgan fingerprint density at radius 1 is 1.09 bits per heavy atom. The van der Waals surface area contributed by atoms with Crippen LogP contribution in [0.5, 0.6) is 0 Å². The second-order valence-electron chi connectivity index (χ2n) is 7.45. The second kappa shape index (κ2) is 11.1. The van der Waals surface area contributed by atoms with Gasteiger partial charge in [-0.15, -0.1) is 0 Å². The van der Waals surface area contributed by atoms with E-state index in [0.29, 0.717) is 27.9 Å². The molecule has 3 rings (SSSR count). The van der Waals surface area contributed by atoms with Gasteiger partial charge in [-0.3, -0.25) is 14.5 Å². The standard InChI is InChI=1S/C24H24N2O4S2/c1-16-10-12-17(13-11-16)15-20-22(28)26(24(31)32-20)14-6-2-3-9-21(27)25-19-8-5-4-7-18(19)23(29)30/h4-5,7-8,10-13,15H,2-3,6,9,14H2,1H3,(H,25,27)(H,29,30). The molecule has 0 atom stereocenters. The Bertz CT molecular complexity index is 1060. The average molecular weight is 469 g/mol. The van der Waals surface area contributed by atoms with Crippen molar-refractivity contribution in [2.75, 3.05) is 11.9 Å². The number of amides is 2. The first-order chi connectivity index (χ1) is 15.3. The minimum Gasteiger partial charge on any atom is -0.478 e. The SMILES string of the molecule is Cc1ccc(C=C2SC(=S)N(CCCCCC(=O)Nc3ccccc3C(=O)O)C2=O)cc1. The Labute approximate surface area is 196 Å². The van der Waals surface area contributed by atoms with Crippen molar-refractivity contribution in [2.24, 2.45) is 0 Å². The molecule has 1 fully saturated rings. The zero-order valence-electron chi connectivity index (χ0n) is 17.7. The van der Waals surface area contributed by atoms with E-state index in [-0.39, 0.29) is 23.8 Å². The molecule has 8 heteroatoms. The lowest BCUT2D eigenvalue weighted by atomic mass is 10.1. The monoisotopic (exact) mass is 468 g/mol. The lowest BCUT2D eigenvalue weighted by Gasteiger charge is -2.14. The maximum absolute atomic E-state index is 12.7. The Balaban J connectivity index is 1.43. The van der Waals surface area contributed by atoms with Gasteiger partial charge in [0.05, 0.1) is 16.2 Å². The van der Waals surface area contributed by atoms with Gasteiger partial charge in [-0.1, -0.05) is 72.4 Å². The van der Waals surface area contributed by atoms with Crippen LogP contribution in [0.3, 0.4) is 0 Å². The van der Waals surface area contributed by atoms with Gasteiger partial charge in [0.25, 0.3) is 5.91 Å². The zero-order valence-corrected chi connectivity index (χ0v) is 19.3. The molecule has 32 heavy (non-hydrogen) atoms. The van der Waals surface area contributed by atoms with Crippen molar-refractivity contribution >= 4 is 57.8 Å². The third kappa shape index (κ3) is 6.27. The molecular formula is C24H24N2O4S2. The number of benzene rings is 2. The van der Waals surface area contributed by atoms with E-state index < -0.39 is 5.97 Å². The predicted molar refractivity (Wildman–Crippen MR) is 132 cm³/mol. The van der Waals surface area contributed by atoms with E-state index in [2.05, 4.69) is 5.32 Å². The molecule has 1 aliphatic heterocycles. The summed E-state index contributed by atoms with van der Waals surface area (Å²) in [5.41, 5.74) is 2.48. The molecule has 166 valence electrons. The van der Waals surface area contributed by atoms with Gasteiger partial charge in [-0.25, -0.2) is 4.79 Å². The van der Waals surface area contributed by atoms with E-state index >= 15 is 0 Å². The molecule has 1 saturated heterocycles. The smallest absolute Gasteiger partial charge is 0.337 e. The Hall–Kier alpha value is -2.97. The van der Waals surface area contributed by atoms with Gasteiger partial charge in [-0.2, -0.15) is 0 Å². The number of rotatable bonds is 9. The lowest BCUT2D eigenvalue weighted by molar-refractivity contribution is -0.122. The molecule has 0 aromatic heterocycles. The number of thioether (sulfide) groups is 1. The minimum atomic E-state index is -1.08. The van der Waals surface area contributed by atoms with Gasteiger partial charge in [0.1, 0.15) is 4.32 Å². The Kier molecular flexibility index (Phi) is 8.19. The number of carbonyl (C=O) groups excluding carboxylic acids is 2. The molecule has 0 spiro atoms. The molecule has 2 aromatic rings. The van der Waals surface area contributed by atoms with E-state index in [1.807, 2.05) is 37.3 Å². The normalized spacial score (nSPS) is 14.8. The van der Waals surface area contributed by atoms with Crippen LogP contribution in [0.1, 0.15) is 47.2 Å². The van der Waals surface area contributed by atoms with Crippen LogP contribution in [0.4, 0.5) is 5.69 Å². The van der Waals surface area contributed by atoms with Crippen LogP contribution < -0.4 is 5.32 Å². The summed E-state index contributed by atoms with van der Waals surface area (Å²) in [5, 5.41) is 11.8. The summed E-state index contributed by atoms with van der Waals surface area (Å²) in [6.45, 7) is 2.53. The number of hydrogen-bond acceptors (Lipinski definition) is 5. The highest BCUT2D eigenvalue weighted by atomic mass is 32.2. The number of unbranched alkanes of at least 4 members (excludes halogenated alkanes) is 2. The maximum atomic E-state index is 12.7. The number of carbonyl (C=O) groups is 3. The maximum Gasteiger partial charge on any atom is 0.337 e. The molecule has 0 bridgehead atoms. The van der Waals surface area contributed by atoms with Gasteiger partial charge in [0.2, 0.25) is 5.91 Å². The third-order valence-electron chi connectivity index (χ3n) is 4.97. The van der Waals surface area contributed by atoms with E-state index in [4.69, 9.17) is 12.2 Å². The van der Waals surface area contributed by atoms with Gasteiger partial charge < -0.3 is 10.4 Å². The van der Waals surface area contributed by atoms with E-state index in [1.165, 1.54) is 17.8 Å². The van der Waals surface area contributed by atoms with Crippen molar-refractivity contribution in [1.29, 1.82) is 0 Å². The highest BCUT2D eigenvalue weighted by molar-refractivity contribution is 8.26. The van der Waals surface area contributed by atoms with E-state index in [0.717, 1.165) is 24.0 Å². The summed E-state index contributed by atoms with van der Waals surface area (Å²) in [6, 6.07) is 14.3. The van der Waals surface area contributed by atoms with Crippen LogP contribution >= 0.6 is 24.0 Å². The Morgan fingerprint density at radius 2 is 1.81 bits per heavy atom. The van der Waals surface area contributed by atoms with Gasteiger partial charge >= 0.3 is 5.97 Å². The van der Waals surface area contributed by atoms with Crippen LogP contribution in [0.2, 0.25) is 0 Å². The number of hydrogen-bond donors (Lipinski definition) is 2. The fraction of sp³-hybridized carbons (Fsp3) is 0.250. The number of aryl methyl sites for hydroxylation is 1. The van der Waals surface area contributed by atoms with E-state index in [9.17, 15) is 19.5 Å². The minimum absolute atomic E-state index is 0.0638. The zero-order chi connectivity index (χ0) is 23.1. The molecule has 0 saturated carbocycles. The van der Waals surface area contributed by atoms with E-state index in [1.54, 1.807) is 23.1 Å². The van der Waals surface area contributed by atoms with Crippen molar-refractivity contribution < 1.29 is 19.5 Å². The van der Waals surface area contributed by atoms with Crippen molar-refractivity contribution in [3.8, 4) is 0 Å². The van der Waals surface area contributed by atoms with Crippen LogP contribution in [-0.2, 0) is 9.59 Å². The van der Waals surface area contributed by atoms with Gasteiger partial charge in [0.15, 0.2) is 0 Å². The number of thiocarbonyl (C=S) groups is 1. The summed E-state index contributed by atoms with van der Waals surface area (Å²) >= 11 is 6.68. The van der Waals surface area contributed by atoms with Crippen molar-refractivity contribution in [1.82, 2.24) is 4.90 Å². The number of nitrogens with one attached hydrogen (secondary N) is 1. The topological polar surface area (TPSA) is 86.7 Å². The molecule has 0 unspecified atom stereocenters. The molecule has 6 nitrogen and oxygen atoms in total. The molecule has 1 aliphatic rings. The van der Waals surface area contributed by atoms with Crippen LogP contribution in [0, 0.1) is 6.92 Å². The average Bonchev–Trinajstić information content (AvgIpc) is 3.02. The van der Waals surface area contributed by atoms with Crippen LogP contribution in [0.25, 0.3) is 6.08 Å². The van der Waals surface area contributed by atoms with Crippen molar-refractivity contribution in [3.05, 3.63) is 70.1 Å². The van der Waals surface area contributed by atoms with Gasteiger partial charge in [-0.05, 0) is 43.5 Å². The molecule has 2 aromatic carbocycles. The third-order valence-corrected chi connectivity index (χ3v) is 6.34. The summed E-state index contributed by atoms with van der Waals surface area (Å²) < 4.78 is 0.552. The molecule has 0 aliphatic carbocycles. The predicted octanol–water partition coefficient (Wildman–Crippen LogP) is 5.09. The second-order valence-corrected chi connectivity index (χ2v) is 9.13. The largest absolute Gasteiger partial charge is 0.478 e. The molecule has 2 N–H and O–H groups in total. The number of carboxylic acid groups (broad SMARTS) is 1. The molecule has 0 radical (unpaired) electrons. The number of nitrogens with zero attached hydrogens (tertiary/aromatic N) is 1. The fourth-order valence-electron chi connectivity index (χ4n) is 3.23. The van der Waals surface area contributed by atoms with Crippen LogP contribution in [-0.4, -0.2) is 38.7 Å². The first kappa shape index (κ1) is 23.7. The van der Waals surface area contributed by atoms with Gasteiger partial charge in [0, 0.05) is 13.0 Å². The highest BCUT2D eigenvalue weighted by Gasteiger charge is 2.31.